The van der Waals surface area contributed by atoms with E-state index in [0.717, 1.165) is 25.0 Å². The lowest BCUT2D eigenvalue weighted by atomic mass is 9.81. The summed E-state index contributed by atoms with van der Waals surface area (Å²) in [6, 6.07) is 8.21. The molecule has 1 aromatic rings. The maximum Gasteiger partial charge on any atom is 0.118 e. The Morgan fingerprint density at radius 1 is 1.24 bits per heavy atom. The summed E-state index contributed by atoms with van der Waals surface area (Å²) in [5, 5.41) is 9.44. The van der Waals surface area contributed by atoms with Gasteiger partial charge in [0.2, 0.25) is 0 Å². The largest absolute Gasteiger partial charge is 0.497 e. The highest BCUT2D eigenvalue weighted by atomic mass is 16.5. The van der Waals surface area contributed by atoms with Gasteiger partial charge in [-0.2, -0.15) is 0 Å². The fourth-order valence-electron chi connectivity index (χ4n) is 2.18. The molecule has 1 aromatic carbocycles. The van der Waals surface area contributed by atoms with Crippen molar-refractivity contribution in [3.05, 3.63) is 29.8 Å². The zero-order chi connectivity index (χ0) is 12.9. The van der Waals surface area contributed by atoms with Gasteiger partial charge in [0, 0.05) is 0 Å². The van der Waals surface area contributed by atoms with E-state index in [1.54, 1.807) is 7.11 Å². The van der Waals surface area contributed by atoms with Crippen molar-refractivity contribution >= 4 is 0 Å². The molecule has 1 unspecified atom stereocenters. The van der Waals surface area contributed by atoms with Crippen molar-refractivity contribution in [2.24, 2.45) is 5.41 Å². The first-order valence-electron chi connectivity index (χ1n) is 6.24. The molecule has 1 N–H and O–H groups in total. The lowest BCUT2D eigenvalue weighted by Gasteiger charge is -2.26. The van der Waals surface area contributed by atoms with Gasteiger partial charge in [-0.3, -0.25) is 0 Å². The van der Waals surface area contributed by atoms with E-state index in [1.165, 1.54) is 5.56 Å². The minimum Gasteiger partial charge on any atom is -0.497 e. The number of hydrogen-bond donors (Lipinski definition) is 1. The summed E-state index contributed by atoms with van der Waals surface area (Å²) in [4.78, 5) is 0. The molecule has 0 saturated heterocycles. The standard InChI is InChI=1S/C15H24O2/c1-12(16)11-15(2,3)10-9-13-5-7-14(17-4)8-6-13/h5-8,12,16H,9-11H2,1-4H3. The second kappa shape index (κ2) is 6.06. The van der Waals surface area contributed by atoms with Crippen LogP contribution >= 0.6 is 0 Å². The van der Waals surface area contributed by atoms with E-state index in [0.29, 0.717) is 0 Å². The smallest absolute Gasteiger partial charge is 0.118 e. The molecule has 0 saturated carbocycles. The number of aliphatic hydroxyl groups is 1. The van der Waals surface area contributed by atoms with Gasteiger partial charge >= 0.3 is 0 Å². The summed E-state index contributed by atoms with van der Waals surface area (Å²) in [7, 11) is 1.68. The highest BCUT2D eigenvalue weighted by molar-refractivity contribution is 5.27. The summed E-state index contributed by atoms with van der Waals surface area (Å²) in [6.45, 7) is 6.28. The third-order valence-electron chi connectivity index (χ3n) is 3.10. The second-order valence-corrected chi connectivity index (χ2v) is 5.57. The molecule has 0 fully saturated rings. The van der Waals surface area contributed by atoms with Gasteiger partial charge in [0.1, 0.15) is 5.75 Å². The van der Waals surface area contributed by atoms with E-state index in [2.05, 4.69) is 26.0 Å². The highest BCUT2D eigenvalue weighted by Crippen LogP contribution is 2.28. The van der Waals surface area contributed by atoms with Crippen molar-refractivity contribution in [3.8, 4) is 5.75 Å². The lowest BCUT2D eigenvalue weighted by Crippen LogP contribution is -2.19. The van der Waals surface area contributed by atoms with Crippen LogP contribution in [0.2, 0.25) is 0 Å². The zero-order valence-electron chi connectivity index (χ0n) is 11.4. The zero-order valence-corrected chi connectivity index (χ0v) is 11.4. The third kappa shape index (κ3) is 5.22. The number of aryl methyl sites for hydroxylation is 1. The molecule has 1 rings (SSSR count). The van der Waals surface area contributed by atoms with Gasteiger partial charge in [-0.1, -0.05) is 26.0 Å². The molecule has 0 radical (unpaired) electrons. The Morgan fingerprint density at radius 3 is 2.29 bits per heavy atom. The third-order valence-corrected chi connectivity index (χ3v) is 3.10. The fourth-order valence-corrected chi connectivity index (χ4v) is 2.18. The van der Waals surface area contributed by atoms with Gasteiger partial charge in [0.25, 0.3) is 0 Å². The topological polar surface area (TPSA) is 29.5 Å². The van der Waals surface area contributed by atoms with E-state index < -0.39 is 0 Å². The number of ether oxygens (including phenoxy) is 1. The Balaban J connectivity index is 2.48. The molecule has 1 atom stereocenters. The molecule has 0 aliphatic carbocycles. The maximum atomic E-state index is 9.44. The summed E-state index contributed by atoms with van der Waals surface area (Å²) in [5.74, 6) is 0.900. The van der Waals surface area contributed by atoms with Crippen LogP contribution < -0.4 is 4.74 Å². The molecule has 0 heterocycles. The first kappa shape index (κ1) is 14.0. The molecule has 0 bridgehead atoms. The minimum absolute atomic E-state index is 0.189. The van der Waals surface area contributed by atoms with Gasteiger partial charge in [-0.25, -0.2) is 0 Å². The normalized spacial score (nSPS) is 13.5. The summed E-state index contributed by atoms with van der Waals surface area (Å²) in [5.41, 5.74) is 1.51. The van der Waals surface area contributed by atoms with Crippen molar-refractivity contribution in [3.63, 3.8) is 0 Å². The summed E-state index contributed by atoms with van der Waals surface area (Å²) in [6.07, 6.45) is 2.76. The molecule has 2 nitrogen and oxygen atoms in total. The Bertz CT molecular complexity index is 325. The molecule has 0 spiro atoms. The predicted octanol–water partition coefficient (Wildman–Crippen LogP) is 3.42. The number of aliphatic hydroxyl groups excluding tert-OH is 1. The Kier molecular flexibility index (Phi) is 5.01. The van der Waals surface area contributed by atoms with Crippen LogP contribution in [0.4, 0.5) is 0 Å². The second-order valence-electron chi connectivity index (χ2n) is 5.57. The quantitative estimate of drug-likeness (QED) is 0.820. The molecular weight excluding hydrogens is 212 g/mol. The van der Waals surface area contributed by atoms with Gasteiger partial charge in [-0.15, -0.1) is 0 Å². The number of methoxy groups -OCH3 is 1. The average molecular weight is 236 g/mol. The van der Waals surface area contributed by atoms with Crippen LogP contribution in [0.1, 0.15) is 39.2 Å². The number of rotatable bonds is 6. The van der Waals surface area contributed by atoms with Crippen molar-refractivity contribution in [1.82, 2.24) is 0 Å². The van der Waals surface area contributed by atoms with Crippen molar-refractivity contribution in [2.75, 3.05) is 7.11 Å². The predicted molar refractivity (Wildman–Crippen MR) is 71.4 cm³/mol. The van der Waals surface area contributed by atoms with Crippen LogP contribution in [0.5, 0.6) is 5.75 Å². The molecule has 0 amide bonds. The van der Waals surface area contributed by atoms with Crippen molar-refractivity contribution < 1.29 is 9.84 Å². The van der Waals surface area contributed by atoms with Crippen molar-refractivity contribution in [1.29, 1.82) is 0 Å². The van der Waals surface area contributed by atoms with Crippen LogP contribution in [0, 0.1) is 5.41 Å². The SMILES string of the molecule is COc1ccc(CCC(C)(C)CC(C)O)cc1. The van der Waals surface area contributed by atoms with E-state index in [1.807, 2.05) is 19.1 Å². The molecule has 96 valence electrons. The molecule has 0 aliphatic heterocycles. The molecule has 0 aromatic heterocycles. The van der Waals surface area contributed by atoms with E-state index in [4.69, 9.17) is 4.74 Å². The summed E-state index contributed by atoms with van der Waals surface area (Å²) < 4.78 is 5.13. The number of hydrogen-bond acceptors (Lipinski definition) is 2. The van der Waals surface area contributed by atoms with Gasteiger partial charge in [0.05, 0.1) is 13.2 Å². The van der Waals surface area contributed by atoms with Crippen LogP contribution in [-0.4, -0.2) is 18.3 Å². The average Bonchev–Trinajstić information content (AvgIpc) is 2.25. The molecular formula is C15H24O2. The van der Waals surface area contributed by atoms with Crippen LogP contribution in [-0.2, 0) is 6.42 Å². The first-order chi connectivity index (χ1) is 7.93. The van der Waals surface area contributed by atoms with E-state index >= 15 is 0 Å². The molecule has 17 heavy (non-hydrogen) atoms. The number of benzene rings is 1. The van der Waals surface area contributed by atoms with E-state index in [9.17, 15) is 5.11 Å². The van der Waals surface area contributed by atoms with Crippen molar-refractivity contribution in [2.45, 2.75) is 46.1 Å². The van der Waals surface area contributed by atoms with Crippen LogP contribution in [0.25, 0.3) is 0 Å². The van der Waals surface area contributed by atoms with E-state index in [-0.39, 0.29) is 11.5 Å². The molecule has 2 heteroatoms. The van der Waals surface area contributed by atoms with Gasteiger partial charge < -0.3 is 9.84 Å². The molecule has 0 aliphatic rings. The fraction of sp³-hybridized carbons (Fsp3) is 0.600. The minimum atomic E-state index is -0.221. The Labute approximate surface area is 105 Å². The highest BCUT2D eigenvalue weighted by Gasteiger charge is 2.19. The first-order valence-corrected chi connectivity index (χ1v) is 6.24. The lowest BCUT2D eigenvalue weighted by molar-refractivity contribution is 0.124. The van der Waals surface area contributed by atoms with Gasteiger partial charge in [0.15, 0.2) is 0 Å². The Hall–Kier alpha value is -1.02. The van der Waals surface area contributed by atoms with Crippen LogP contribution in [0.15, 0.2) is 24.3 Å². The monoisotopic (exact) mass is 236 g/mol. The van der Waals surface area contributed by atoms with Gasteiger partial charge in [-0.05, 0) is 49.3 Å². The van der Waals surface area contributed by atoms with Crippen LogP contribution in [0.3, 0.4) is 0 Å². The maximum absolute atomic E-state index is 9.44. The summed E-state index contributed by atoms with van der Waals surface area (Å²) >= 11 is 0. The Morgan fingerprint density at radius 2 is 1.82 bits per heavy atom.